The average molecular weight is 212 g/mol. The van der Waals surface area contributed by atoms with Crippen LogP contribution in [-0.2, 0) is 0 Å². The highest BCUT2D eigenvalue weighted by atomic mass is 32.2. The molecule has 0 bridgehead atoms. The summed E-state index contributed by atoms with van der Waals surface area (Å²) in [5.74, 6) is 1.23. The number of hydrogen-bond donors (Lipinski definition) is 2. The lowest BCUT2D eigenvalue weighted by atomic mass is 10.0. The predicted octanol–water partition coefficient (Wildman–Crippen LogP) is 2.57. The molecule has 0 aliphatic heterocycles. The Morgan fingerprint density at radius 1 is 1.36 bits per heavy atom. The molecule has 0 radical (unpaired) electrons. The van der Waals surface area contributed by atoms with E-state index in [9.17, 15) is 10.2 Å². The lowest BCUT2D eigenvalue weighted by Gasteiger charge is -2.11. The summed E-state index contributed by atoms with van der Waals surface area (Å²) in [5, 5.41) is 19.2. The fraction of sp³-hybridized carbons (Fsp3) is 0.455. The summed E-state index contributed by atoms with van der Waals surface area (Å²) in [6, 6.07) is 6.95. The Labute approximate surface area is 89.0 Å². The Bertz CT molecular complexity index is 276. The van der Waals surface area contributed by atoms with Crippen molar-refractivity contribution >= 4 is 11.8 Å². The summed E-state index contributed by atoms with van der Waals surface area (Å²) >= 11 is 1.77. The highest BCUT2D eigenvalue weighted by Gasteiger charge is 2.10. The third kappa shape index (κ3) is 3.24. The van der Waals surface area contributed by atoms with Crippen molar-refractivity contribution < 1.29 is 10.2 Å². The normalized spacial score (nSPS) is 12.7. The molecule has 0 spiro atoms. The van der Waals surface area contributed by atoms with E-state index in [-0.39, 0.29) is 5.75 Å². The molecule has 0 heterocycles. The van der Waals surface area contributed by atoms with E-state index in [1.165, 1.54) is 0 Å². The molecule has 1 aromatic carbocycles. The van der Waals surface area contributed by atoms with Gasteiger partial charge in [-0.25, -0.2) is 0 Å². The van der Waals surface area contributed by atoms with Crippen LogP contribution in [0.5, 0.6) is 5.75 Å². The zero-order chi connectivity index (χ0) is 10.4. The molecule has 1 atom stereocenters. The predicted molar refractivity (Wildman–Crippen MR) is 60.7 cm³/mol. The van der Waals surface area contributed by atoms with E-state index in [0.717, 1.165) is 12.2 Å². The molecule has 0 saturated heterocycles. The second-order valence-corrected chi connectivity index (χ2v) is 4.20. The van der Waals surface area contributed by atoms with E-state index in [2.05, 4.69) is 0 Å². The summed E-state index contributed by atoms with van der Waals surface area (Å²) in [4.78, 5) is 0. The minimum Gasteiger partial charge on any atom is -0.508 e. The summed E-state index contributed by atoms with van der Waals surface area (Å²) in [7, 11) is 0. The van der Waals surface area contributed by atoms with Gasteiger partial charge in [-0.2, -0.15) is 11.8 Å². The molecular weight excluding hydrogens is 196 g/mol. The number of aromatic hydroxyl groups is 1. The minimum atomic E-state index is -0.539. The number of thioether (sulfide) groups is 1. The number of benzene rings is 1. The first-order valence-electron chi connectivity index (χ1n) is 4.70. The molecule has 2 nitrogen and oxygen atoms in total. The van der Waals surface area contributed by atoms with Gasteiger partial charge in [-0.15, -0.1) is 0 Å². The van der Waals surface area contributed by atoms with Gasteiger partial charge in [0.1, 0.15) is 5.75 Å². The molecule has 0 fully saturated rings. The van der Waals surface area contributed by atoms with Gasteiger partial charge in [0.25, 0.3) is 0 Å². The SMILES string of the molecule is CSCCCC(O)c1ccccc1O. The molecule has 0 aliphatic carbocycles. The van der Waals surface area contributed by atoms with E-state index in [1.54, 1.807) is 30.0 Å². The average Bonchev–Trinajstić information content (AvgIpc) is 2.18. The molecule has 0 aliphatic rings. The summed E-state index contributed by atoms with van der Waals surface area (Å²) in [6.07, 6.45) is 3.19. The Balaban J connectivity index is 2.51. The van der Waals surface area contributed by atoms with Crippen LogP contribution in [0, 0.1) is 0 Å². The molecule has 3 heteroatoms. The number of para-hydroxylation sites is 1. The van der Waals surface area contributed by atoms with Gasteiger partial charge in [-0.1, -0.05) is 18.2 Å². The molecule has 2 N–H and O–H groups in total. The van der Waals surface area contributed by atoms with Gasteiger partial charge in [0.2, 0.25) is 0 Å². The number of aliphatic hydroxyl groups is 1. The van der Waals surface area contributed by atoms with Gasteiger partial charge in [0.05, 0.1) is 6.10 Å². The molecule has 1 unspecified atom stereocenters. The second kappa shape index (κ2) is 5.94. The largest absolute Gasteiger partial charge is 0.508 e. The van der Waals surface area contributed by atoms with Gasteiger partial charge in [0, 0.05) is 5.56 Å². The van der Waals surface area contributed by atoms with Crippen LogP contribution in [0.3, 0.4) is 0 Å². The van der Waals surface area contributed by atoms with Crippen molar-refractivity contribution in [3.63, 3.8) is 0 Å². The molecule has 0 amide bonds. The van der Waals surface area contributed by atoms with E-state index in [4.69, 9.17) is 0 Å². The van der Waals surface area contributed by atoms with Crippen molar-refractivity contribution in [1.29, 1.82) is 0 Å². The van der Waals surface area contributed by atoms with Crippen LogP contribution >= 0.6 is 11.8 Å². The van der Waals surface area contributed by atoms with Gasteiger partial charge in [-0.05, 0) is 30.9 Å². The van der Waals surface area contributed by atoms with Crippen molar-refractivity contribution in [2.75, 3.05) is 12.0 Å². The lowest BCUT2D eigenvalue weighted by molar-refractivity contribution is 0.163. The zero-order valence-corrected chi connectivity index (χ0v) is 9.13. The third-order valence-corrected chi connectivity index (χ3v) is 2.82. The van der Waals surface area contributed by atoms with Crippen LogP contribution in [-0.4, -0.2) is 22.2 Å². The van der Waals surface area contributed by atoms with Crippen LogP contribution in [0.15, 0.2) is 24.3 Å². The first-order chi connectivity index (χ1) is 6.75. The maximum Gasteiger partial charge on any atom is 0.121 e. The van der Waals surface area contributed by atoms with E-state index >= 15 is 0 Å². The molecule has 1 rings (SSSR count). The number of aliphatic hydroxyl groups excluding tert-OH is 1. The fourth-order valence-corrected chi connectivity index (χ4v) is 1.80. The van der Waals surface area contributed by atoms with Crippen LogP contribution in [0.25, 0.3) is 0 Å². The fourth-order valence-electron chi connectivity index (χ4n) is 1.35. The maximum absolute atomic E-state index is 9.76. The summed E-state index contributed by atoms with van der Waals surface area (Å²) in [5.41, 5.74) is 0.633. The molecule has 78 valence electrons. The first kappa shape index (κ1) is 11.4. The third-order valence-electron chi connectivity index (χ3n) is 2.12. The van der Waals surface area contributed by atoms with Crippen LogP contribution in [0.4, 0.5) is 0 Å². The van der Waals surface area contributed by atoms with E-state index < -0.39 is 6.10 Å². The number of phenolic OH excluding ortho intramolecular Hbond substituents is 1. The Kier molecular flexibility index (Phi) is 4.84. The Morgan fingerprint density at radius 2 is 2.07 bits per heavy atom. The van der Waals surface area contributed by atoms with Crippen molar-refractivity contribution in [1.82, 2.24) is 0 Å². The van der Waals surface area contributed by atoms with E-state index in [0.29, 0.717) is 12.0 Å². The first-order valence-corrected chi connectivity index (χ1v) is 6.10. The van der Waals surface area contributed by atoms with Crippen LogP contribution < -0.4 is 0 Å². The molecule has 14 heavy (non-hydrogen) atoms. The topological polar surface area (TPSA) is 40.5 Å². The lowest BCUT2D eigenvalue weighted by Crippen LogP contribution is -1.98. The zero-order valence-electron chi connectivity index (χ0n) is 8.31. The monoisotopic (exact) mass is 212 g/mol. The van der Waals surface area contributed by atoms with Gasteiger partial charge < -0.3 is 10.2 Å². The summed E-state index contributed by atoms with van der Waals surface area (Å²) < 4.78 is 0. The molecule has 1 aromatic rings. The smallest absolute Gasteiger partial charge is 0.121 e. The maximum atomic E-state index is 9.76. The highest BCUT2D eigenvalue weighted by Crippen LogP contribution is 2.26. The van der Waals surface area contributed by atoms with Gasteiger partial charge >= 0.3 is 0 Å². The Morgan fingerprint density at radius 3 is 2.71 bits per heavy atom. The molecule has 0 aromatic heterocycles. The minimum absolute atomic E-state index is 0.184. The number of rotatable bonds is 5. The van der Waals surface area contributed by atoms with Crippen molar-refractivity contribution in [2.24, 2.45) is 0 Å². The van der Waals surface area contributed by atoms with Gasteiger partial charge in [0.15, 0.2) is 0 Å². The van der Waals surface area contributed by atoms with Crippen LogP contribution in [0.2, 0.25) is 0 Å². The van der Waals surface area contributed by atoms with Crippen molar-refractivity contribution in [2.45, 2.75) is 18.9 Å². The standard InChI is InChI=1S/C11H16O2S/c1-14-8-4-7-11(13)9-5-2-3-6-10(9)12/h2-3,5-6,11-13H,4,7-8H2,1H3. The van der Waals surface area contributed by atoms with Gasteiger partial charge in [-0.3, -0.25) is 0 Å². The Hall–Kier alpha value is -0.670. The highest BCUT2D eigenvalue weighted by molar-refractivity contribution is 7.98. The molecular formula is C11H16O2S. The summed E-state index contributed by atoms with van der Waals surface area (Å²) in [6.45, 7) is 0. The van der Waals surface area contributed by atoms with Crippen molar-refractivity contribution in [3.05, 3.63) is 29.8 Å². The van der Waals surface area contributed by atoms with E-state index in [1.807, 2.05) is 12.3 Å². The number of phenols is 1. The molecule has 0 saturated carbocycles. The number of hydrogen-bond acceptors (Lipinski definition) is 3. The second-order valence-electron chi connectivity index (χ2n) is 3.21. The van der Waals surface area contributed by atoms with Crippen LogP contribution in [0.1, 0.15) is 24.5 Å². The quantitative estimate of drug-likeness (QED) is 0.737. The van der Waals surface area contributed by atoms with Crippen molar-refractivity contribution in [3.8, 4) is 5.75 Å².